The summed E-state index contributed by atoms with van der Waals surface area (Å²) in [6, 6.07) is 10.2. The lowest BCUT2D eigenvalue weighted by Gasteiger charge is -2.22. The molecule has 0 spiro atoms. The fourth-order valence-electron chi connectivity index (χ4n) is 2.54. The SMILES string of the molecule is CCCNC(c1ccc(F)c(F)c1)c1ccc(C)cc1C. The van der Waals surface area contributed by atoms with Crippen molar-refractivity contribution in [2.24, 2.45) is 0 Å². The Morgan fingerprint density at radius 3 is 2.38 bits per heavy atom. The number of hydrogen-bond acceptors (Lipinski definition) is 1. The van der Waals surface area contributed by atoms with Crippen LogP contribution in [0.5, 0.6) is 0 Å². The smallest absolute Gasteiger partial charge is 0.159 e. The van der Waals surface area contributed by atoms with Crippen LogP contribution < -0.4 is 5.32 Å². The summed E-state index contributed by atoms with van der Waals surface area (Å²) in [6.07, 6.45) is 0.977. The molecule has 0 heterocycles. The molecule has 0 bridgehead atoms. The Morgan fingerprint density at radius 1 is 1.00 bits per heavy atom. The minimum atomic E-state index is -0.811. The molecule has 2 rings (SSSR count). The van der Waals surface area contributed by atoms with Gasteiger partial charge in [-0.1, -0.05) is 36.8 Å². The number of halogens is 2. The predicted molar refractivity (Wildman–Crippen MR) is 82.4 cm³/mol. The molecule has 0 fully saturated rings. The van der Waals surface area contributed by atoms with Crippen molar-refractivity contribution in [3.8, 4) is 0 Å². The Hall–Kier alpha value is -1.74. The van der Waals surface area contributed by atoms with Crippen LogP contribution >= 0.6 is 0 Å². The third kappa shape index (κ3) is 3.67. The Bertz CT molecular complexity index is 623. The van der Waals surface area contributed by atoms with Crippen molar-refractivity contribution < 1.29 is 8.78 Å². The minimum absolute atomic E-state index is 0.124. The molecule has 1 atom stereocenters. The number of benzene rings is 2. The predicted octanol–water partition coefficient (Wildman–Crippen LogP) is 4.67. The zero-order chi connectivity index (χ0) is 15.4. The minimum Gasteiger partial charge on any atom is -0.306 e. The van der Waals surface area contributed by atoms with Gasteiger partial charge in [-0.15, -0.1) is 0 Å². The molecule has 0 saturated heterocycles. The molecular formula is C18H21F2N. The first kappa shape index (κ1) is 15.6. The summed E-state index contributed by atoms with van der Waals surface area (Å²) in [6.45, 7) is 6.99. The van der Waals surface area contributed by atoms with Crippen molar-refractivity contribution in [3.05, 3.63) is 70.3 Å². The van der Waals surface area contributed by atoms with Crippen molar-refractivity contribution in [3.63, 3.8) is 0 Å². The Balaban J connectivity index is 2.44. The van der Waals surface area contributed by atoms with Crippen LogP contribution in [-0.2, 0) is 0 Å². The molecule has 0 aliphatic carbocycles. The standard InChI is InChI=1S/C18H21F2N/c1-4-9-21-18(14-6-8-16(19)17(20)11-14)15-7-5-12(2)10-13(15)3/h5-8,10-11,18,21H,4,9H2,1-3H3. The summed E-state index contributed by atoms with van der Waals surface area (Å²) in [7, 11) is 0. The van der Waals surface area contributed by atoms with E-state index >= 15 is 0 Å². The maximum Gasteiger partial charge on any atom is 0.159 e. The molecule has 0 amide bonds. The van der Waals surface area contributed by atoms with Crippen LogP contribution in [0.1, 0.15) is 41.6 Å². The molecule has 2 aromatic rings. The van der Waals surface area contributed by atoms with Gasteiger partial charge >= 0.3 is 0 Å². The topological polar surface area (TPSA) is 12.0 Å². The third-order valence-corrected chi connectivity index (χ3v) is 3.61. The van der Waals surface area contributed by atoms with E-state index in [4.69, 9.17) is 0 Å². The average molecular weight is 289 g/mol. The summed E-state index contributed by atoms with van der Waals surface area (Å²) in [5.41, 5.74) is 4.18. The number of rotatable bonds is 5. The highest BCUT2D eigenvalue weighted by Crippen LogP contribution is 2.26. The number of aryl methyl sites for hydroxylation is 2. The monoisotopic (exact) mass is 289 g/mol. The van der Waals surface area contributed by atoms with Gasteiger partial charge in [0.05, 0.1) is 6.04 Å². The number of hydrogen-bond donors (Lipinski definition) is 1. The van der Waals surface area contributed by atoms with Crippen LogP contribution in [0.15, 0.2) is 36.4 Å². The summed E-state index contributed by atoms with van der Waals surface area (Å²) >= 11 is 0. The summed E-state index contributed by atoms with van der Waals surface area (Å²) in [5.74, 6) is -1.62. The Morgan fingerprint density at radius 2 is 1.76 bits per heavy atom. The lowest BCUT2D eigenvalue weighted by atomic mass is 9.93. The van der Waals surface area contributed by atoms with Gasteiger partial charge in [0.1, 0.15) is 0 Å². The van der Waals surface area contributed by atoms with E-state index in [1.165, 1.54) is 17.7 Å². The second-order valence-electron chi connectivity index (χ2n) is 5.42. The molecule has 3 heteroatoms. The first-order chi connectivity index (χ1) is 10.0. The van der Waals surface area contributed by atoms with Gasteiger partial charge in [-0.3, -0.25) is 0 Å². The van der Waals surface area contributed by atoms with Crippen LogP contribution in [0, 0.1) is 25.5 Å². The van der Waals surface area contributed by atoms with Crippen LogP contribution in [0.3, 0.4) is 0 Å². The maximum absolute atomic E-state index is 13.5. The second kappa shape index (κ2) is 6.81. The molecule has 0 aromatic heterocycles. The van der Waals surface area contributed by atoms with Crippen LogP contribution in [-0.4, -0.2) is 6.54 Å². The van der Waals surface area contributed by atoms with Crippen LogP contribution in [0.25, 0.3) is 0 Å². The van der Waals surface area contributed by atoms with Crippen molar-refractivity contribution in [1.82, 2.24) is 5.32 Å². The normalized spacial score (nSPS) is 12.4. The zero-order valence-electron chi connectivity index (χ0n) is 12.7. The van der Waals surface area contributed by atoms with E-state index < -0.39 is 11.6 Å². The Kier molecular flexibility index (Phi) is 5.07. The van der Waals surface area contributed by atoms with Gasteiger partial charge in [0, 0.05) is 0 Å². The van der Waals surface area contributed by atoms with E-state index in [2.05, 4.69) is 24.4 Å². The molecule has 1 nitrogen and oxygen atoms in total. The van der Waals surface area contributed by atoms with Crippen LogP contribution in [0.2, 0.25) is 0 Å². The molecule has 2 aromatic carbocycles. The van der Waals surface area contributed by atoms with Crippen LogP contribution in [0.4, 0.5) is 8.78 Å². The van der Waals surface area contributed by atoms with Gasteiger partial charge in [-0.2, -0.15) is 0 Å². The van der Waals surface area contributed by atoms with Gasteiger partial charge in [0.2, 0.25) is 0 Å². The van der Waals surface area contributed by atoms with E-state index in [-0.39, 0.29) is 6.04 Å². The van der Waals surface area contributed by atoms with Gasteiger partial charge in [0.15, 0.2) is 11.6 Å². The van der Waals surface area contributed by atoms with E-state index in [0.29, 0.717) is 0 Å². The van der Waals surface area contributed by atoms with Crippen molar-refractivity contribution >= 4 is 0 Å². The highest BCUT2D eigenvalue weighted by atomic mass is 19.2. The quantitative estimate of drug-likeness (QED) is 0.843. The van der Waals surface area contributed by atoms with E-state index in [1.807, 2.05) is 19.9 Å². The average Bonchev–Trinajstić information content (AvgIpc) is 2.44. The van der Waals surface area contributed by atoms with Crippen molar-refractivity contribution in [2.75, 3.05) is 6.54 Å². The molecule has 0 radical (unpaired) electrons. The summed E-state index contributed by atoms with van der Waals surface area (Å²) in [4.78, 5) is 0. The first-order valence-electron chi connectivity index (χ1n) is 7.28. The summed E-state index contributed by atoms with van der Waals surface area (Å²) in [5, 5.41) is 3.42. The highest BCUT2D eigenvalue weighted by molar-refractivity contribution is 5.39. The molecule has 0 aliphatic rings. The fourth-order valence-corrected chi connectivity index (χ4v) is 2.54. The molecular weight excluding hydrogens is 268 g/mol. The Labute approximate surface area is 125 Å². The third-order valence-electron chi connectivity index (χ3n) is 3.61. The second-order valence-corrected chi connectivity index (χ2v) is 5.42. The van der Waals surface area contributed by atoms with Gasteiger partial charge in [-0.05, 0) is 55.6 Å². The lowest BCUT2D eigenvalue weighted by Crippen LogP contribution is -2.24. The molecule has 21 heavy (non-hydrogen) atoms. The van der Waals surface area contributed by atoms with Crippen molar-refractivity contribution in [2.45, 2.75) is 33.2 Å². The molecule has 1 N–H and O–H groups in total. The van der Waals surface area contributed by atoms with E-state index in [0.717, 1.165) is 29.7 Å². The molecule has 112 valence electrons. The van der Waals surface area contributed by atoms with Gasteiger partial charge < -0.3 is 5.32 Å². The summed E-state index contributed by atoms with van der Waals surface area (Å²) < 4.78 is 26.7. The van der Waals surface area contributed by atoms with Crippen molar-refractivity contribution in [1.29, 1.82) is 0 Å². The van der Waals surface area contributed by atoms with Gasteiger partial charge in [-0.25, -0.2) is 8.78 Å². The molecule has 0 aliphatic heterocycles. The fraction of sp³-hybridized carbons (Fsp3) is 0.333. The zero-order valence-corrected chi connectivity index (χ0v) is 12.7. The lowest BCUT2D eigenvalue weighted by molar-refractivity contribution is 0.503. The first-order valence-corrected chi connectivity index (χ1v) is 7.28. The molecule has 0 saturated carbocycles. The highest BCUT2D eigenvalue weighted by Gasteiger charge is 2.17. The largest absolute Gasteiger partial charge is 0.306 e. The van der Waals surface area contributed by atoms with E-state index in [9.17, 15) is 8.78 Å². The van der Waals surface area contributed by atoms with Gasteiger partial charge in [0.25, 0.3) is 0 Å². The number of nitrogens with one attached hydrogen (secondary N) is 1. The molecule has 1 unspecified atom stereocenters. The van der Waals surface area contributed by atoms with E-state index in [1.54, 1.807) is 6.07 Å². The maximum atomic E-state index is 13.5.